The highest BCUT2D eigenvalue weighted by atomic mass is 32.2. The van der Waals surface area contributed by atoms with Crippen molar-refractivity contribution in [1.29, 1.82) is 0 Å². The number of nitrogens with zero attached hydrogens (tertiary/aromatic N) is 3. The summed E-state index contributed by atoms with van der Waals surface area (Å²) in [5.74, 6) is 0.933. The molecule has 0 spiro atoms. The Kier molecular flexibility index (Phi) is 6.49. The number of piperidine rings is 1. The average Bonchev–Trinajstić information content (AvgIpc) is 3.52. The number of likely N-dealkylation sites (tertiary alicyclic amines) is 1. The van der Waals surface area contributed by atoms with Crippen LogP contribution in [0.4, 0.5) is 0 Å². The van der Waals surface area contributed by atoms with Crippen molar-refractivity contribution >= 4 is 15.9 Å². The summed E-state index contributed by atoms with van der Waals surface area (Å²) in [6.07, 6.45) is 4.95. The van der Waals surface area contributed by atoms with Gasteiger partial charge in [-0.15, -0.1) is 0 Å². The Morgan fingerprint density at radius 2 is 1.94 bits per heavy atom. The van der Waals surface area contributed by atoms with Crippen LogP contribution in [0.25, 0.3) is 0 Å². The van der Waals surface area contributed by atoms with Gasteiger partial charge in [0.15, 0.2) is 5.76 Å². The molecule has 10 heteroatoms. The molecule has 1 atom stereocenters. The van der Waals surface area contributed by atoms with Crippen molar-refractivity contribution in [3.8, 4) is 0 Å². The van der Waals surface area contributed by atoms with Gasteiger partial charge in [0, 0.05) is 25.6 Å². The smallest absolute Gasteiger partial charge is 0.248 e. The highest BCUT2D eigenvalue weighted by Gasteiger charge is 2.36. The third-order valence-corrected chi connectivity index (χ3v) is 8.46. The van der Waals surface area contributed by atoms with Gasteiger partial charge in [-0.25, -0.2) is 8.42 Å². The van der Waals surface area contributed by atoms with Gasteiger partial charge >= 0.3 is 0 Å². The highest BCUT2D eigenvalue weighted by Crippen LogP contribution is 2.28. The van der Waals surface area contributed by atoms with E-state index in [2.05, 4.69) is 15.4 Å². The van der Waals surface area contributed by atoms with E-state index in [1.807, 2.05) is 12.1 Å². The zero-order chi connectivity index (χ0) is 22.0. The normalized spacial score (nSPS) is 20.2. The zero-order valence-electron chi connectivity index (χ0n) is 18.0. The van der Waals surface area contributed by atoms with Crippen molar-refractivity contribution in [2.75, 3.05) is 32.7 Å². The molecule has 0 radical (unpaired) electrons. The summed E-state index contributed by atoms with van der Waals surface area (Å²) in [7, 11) is -3.67. The third kappa shape index (κ3) is 4.56. The molecule has 2 aliphatic rings. The topological polar surface area (TPSA) is 109 Å². The van der Waals surface area contributed by atoms with E-state index in [0.717, 1.165) is 31.7 Å². The molecular weight excluding hydrogens is 420 g/mol. The van der Waals surface area contributed by atoms with E-state index in [1.165, 1.54) is 4.31 Å². The first kappa shape index (κ1) is 22.0. The summed E-state index contributed by atoms with van der Waals surface area (Å²) in [6, 6.07) is 3.85. The summed E-state index contributed by atoms with van der Waals surface area (Å²) < 4.78 is 38.0. The molecule has 2 fully saturated rings. The minimum Gasteiger partial charge on any atom is -0.468 e. The number of carbonyl (C=O) groups is 1. The molecule has 2 aromatic heterocycles. The standard InChI is InChI=1S/C21H30N4O5S/c1-15-20(16(2)30-23-15)31(27,28)25-11-7-17(8-12-25)21(26)22-14-18(19-6-5-13-29-19)24-9-3-4-10-24/h5-6,13,17-18H,3-4,7-12,14H2,1-2H3,(H,22,26)/t18-/m0/s1. The molecule has 1 amide bonds. The van der Waals surface area contributed by atoms with E-state index >= 15 is 0 Å². The molecule has 0 aliphatic carbocycles. The Bertz CT molecular complexity index is 968. The lowest BCUT2D eigenvalue weighted by atomic mass is 9.97. The van der Waals surface area contributed by atoms with Gasteiger partial charge < -0.3 is 14.3 Å². The molecule has 9 nitrogen and oxygen atoms in total. The summed E-state index contributed by atoms with van der Waals surface area (Å²) >= 11 is 0. The lowest BCUT2D eigenvalue weighted by Crippen LogP contribution is -2.44. The average molecular weight is 451 g/mol. The Balaban J connectivity index is 1.34. The summed E-state index contributed by atoms with van der Waals surface area (Å²) in [4.78, 5) is 15.3. The van der Waals surface area contributed by atoms with Gasteiger partial charge in [-0.05, 0) is 64.8 Å². The van der Waals surface area contributed by atoms with Crippen LogP contribution in [0.15, 0.2) is 32.2 Å². The van der Waals surface area contributed by atoms with Crippen LogP contribution in [0.3, 0.4) is 0 Å². The fourth-order valence-corrected chi connectivity index (χ4v) is 6.38. The molecule has 0 unspecified atom stereocenters. The number of hydrogen-bond acceptors (Lipinski definition) is 7. The van der Waals surface area contributed by atoms with Crippen LogP contribution in [0, 0.1) is 19.8 Å². The van der Waals surface area contributed by atoms with E-state index in [-0.39, 0.29) is 22.8 Å². The minimum absolute atomic E-state index is 0.0230. The van der Waals surface area contributed by atoms with E-state index in [0.29, 0.717) is 43.9 Å². The molecule has 0 bridgehead atoms. The van der Waals surface area contributed by atoms with Crippen LogP contribution in [0.2, 0.25) is 0 Å². The minimum atomic E-state index is -3.67. The second-order valence-electron chi connectivity index (χ2n) is 8.35. The number of rotatable bonds is 7. The van der Waals surface area contributed by atoms with Crippen molar-refractivity contribution < 1.29 is 22.2 Å². The number of carbonyl (C=O) groups excluding carboxylic acids is 1. The van der Waals surface area contributed by atoms with Gasteiger partial charge in [-0.1, -0.05) is 5.16 Å². The van der Waals surface area contributed by atoms with Crippen molar-refractivity contribution in [2.24, 2.45) is 5.92 Å². The summed E-state index contributed by atoms with van der Waals surface area (Å²) in [5.41, 5.74) is 0.364. The first-order valence-corrected chi connectivity index (χ1v) is 12.3. The Morgan fingerprint density at radius 1 is 1.23 bits per heavy atom. The predicted molar refractivity (Wildman–Crippen MR) is 113 cm³/mol. The third-order valence-electron chi connectivity index (χ3n) is 6.31. The largest absolute Gasteiger partial charge is 0.468 e. The second-order valence-corrected chi connectivity index (χ2v) is 10.2. The number of furan rings is 1. The second kappa shape index (κ2) is 9.13. The molecule has 31 heavy (non-hydrogen) atoms. The number of nitrogens with one attached hydrogen (secondary N) is 1. The van der Waals surface area contributed by atoms with Crippen molar-refractivity contribution in [3.05, 3.63) is 35.6 Å². The van der Waals surface area contributed by atoms with Crippen LogP contribution in [-0.4, -0.2) is 61.4 Å². The van der Waals surface area contributed by atoms with Crippen LogP contribution >= 0.6 is 0 Å². The van der Waals surface area contributed by atoms with E-state index < -0.39 is 10.0 Å². The van der Waals surface area contributed by atoms with Crippen LogP contribution in [-0.2, 0) is 14.8 Å². The molecule has 4 heterocycles. The summed E-state index contributed by atoms with van der Waals surface area (Å²) in [5, 5.41) is 6.84. The number of amides is 1. The van der Waals surface area contributed by atoms with E-state index in [9.17, 15) is 13.2 Å². The quantitative estimate of drug-likeness (QED) is 0.689. The summed E-state index contributed by atoms with van der Waals surface area (Å²) in [6.45, 7) is 6.32. The molecule has 0 aromatic carbocycles. The van der Waals surface area contributed by atoms with Crippen LogP contribution < -0.4 is 5.32 Å². The monoisotopic (exact) mass is 450 g/mol. The van der Waals surface area contributed by atoms with Gasteiger partial charge in [0.25, 0.3) is 0 Å². The maximum Gasteiger partial charge on any atom is 0.248 e. The SMILES string of the molecule is Cc1noc(C)c1S(=O)(=O)N1CCC(C(=O)NC[C@@H](c2ccco2)N2CCCC2)CC1. The molecule has 170 valence electrons. The highest BCUT2D eigenvalue weighted by molar-refractivity contribution is 7.89. The van der Waals surface area contributed by atoms with Crippen LogP contribution in [0.1, 0.15) is 48.9 Å². The van der Waals surface area contributed by atoms with Gasteiger partial charge in [0.2, 0.25) is 15.9 Å². The van der Waals surface area contributed by atoms with Gasteiger partial charge in [-0.3, -0.25) is 9.69 Å². The van der Waals surface area contributed by atoms with Gasteiger partial charge in [-0.2, -0.15) is 4.31 Å². The Morgan fingerprint density at radius 3 is 2.52 bits per heavy atom. The molecule has 4 rings (SSSR count). The van der Waals surface area contributed by atoms with Crippen LogP contribution in [0.5, 0.6) is 0 Å². The van der Waals surface area contributed by atoms with E-state index in [4.69, 9.17) is 8.94 Å². The maximum atomic E-state index is 13.0. The number of sulfonamides is 1. The Labute approximate surface area is 182 Å². The predicted octanol–water partition coefficient (Wildman–Crippen LogP) is 2.24. The van der Waals surface area contributed by atoms with Crippen molar-refractivity contribution in [3.63, 3.8) is 0 Å². The fraction of sp³-hybridized carbons (Fsp3) is 0.619. The molecular formula is C21H30N4O5S. The maximum absolute atomic E-state index is 13.0. The van der Waals surface area contributed by atoms with Gasteiger partial charge in [0.05, 0.1) is 12.3 Å². The zero-order valence-corrected chi connectivity index (χ0v) is 18.9. The molecule has 2 aromatic rings. The van der Waals surface area contributed by atoms with Gasteiger partial charge in [0.1, 0.15) is 16.3 Å². The fourth-order valence-electron chi connectivity index (χ4n) is 4.62. The lowest BCUT2D eigenvalue weighted by molar-refractivity contribution is -0.126. The number of hydrogen-bond donors (Lipinski definition) is 1. The van der Waals surface area contributed by atoms with Crippen molar-refractivity contribution in [2.45, 2.75) is 50.5 Å². The first-order chi connectivity index (χ1) is 14.9. The number of aryl methyl sites for hydroxylation is 2. The first-order valence-electron chi connectivity index (χ1n) is 10.9. The molecule has 2 saturated heterocycles. The molecule has 0 saturated carbocycles. The Hall–Kier alpha value is -2.17. The number of aromatic nitrogens is 1. The molecule has 2 aliphatic heterocycles. The van der Waals surface area contributed by atoms with Crippen molar-refractivity contribution in [1.82, 2.24) is 19.7 Å². The van der Waals surface area contributed by atoms with E-state index in [1.54, 1.807) is 20.1 Å². The molecule has 1 N–H and O–H groups in total. The lowest BCUT2D eigenvalue weighted by Gasteiger charge is -2.31.